The van der Waals surface area contributed by atoms with Gasteiger partial charge in [0.15, 0.2) is 0 Å². The maximum Gasteiger partial charge on any atom is 0.255 e. The molecule has 6 heteroatoms. The topological polar surface area (TPSA) is 60.4 Å². The molecule has 24 heavy (non-hydrogen) atoms. The van der Waals surface area contributed by atoms with Crippen LogP contribution in [0.15, 0.2) is 48.5 Å². The maximum absolute atomic E-state index is 12.9. The van der Waals surface area contributed by atoms with Crippen LogP contribution in [0.4, 0.5) is 0 Å². The Labute approximate surface area is 149 Å². The summed E-state index contributed by atoms with van der Waals surface area (Å²) in [6, 6.07) is 13.3. The molecule has 1 fully saturated rings. The van der Waals surface area contributed by atoms with Gasteiger partial charge in [-0.25, -0.2) is 0 Å². The highest BCUT2D eigenvalue weighted by Crippen LogP contribution is 2.44. The van der Waals surface area contributed by atoms with Crippen molar-refractivity contribution in [1.82, 2.24) is 4.90 Å². The number of carbonyl (C=O) groups excluding carboxylic acids is 2. The third-order valence-electron chi connectivity index (χ3n) is 3.98. The molecule has 0 aliphatic carbocycles. The molecule has 2 atom stereocenters. The first-order chi connectivity index (χ1) is 11.5. The highest BCUT2D eigenvalue weighted by molar-refractivity contribution is 7.99. The molecule has 2 aromatic carbocycles. The van der Waals surface area contributed by atoms with E-state index in [-0.39, 0.29) is 11.7 Å². The van der Waals surface area contributed by atoms with Crippen molar-refractivity contribution in [2.45, 2.75) is 18.3 Å². The zero-order valence-corrected chi connectivity index (χ0v) is 14.5. The number of aryl methyl sites for hydroxylation is 1. The average molecular weight is 361 g/mol. The van der Waals surface area contributed by atoms with Gasteiger partial charge >= 0.3 is 0 Å². The van der Waals surface area contributed by atoms with Crippen LogP contribution in [0.5, 0.6) is 0 Å². The fraction of sp³-hybridized carbons (Fsp3) is 0.222. The van der Waals surface area contributed by atoms with Gasteiger partial charge in [-0.1, -0.05) is 47.5 Å². The number of benzene rings is 2. The van der Waals surface area contributed by atoms with Crippen LogP contribution < -0.4 is 5.11 Å². The van der Waals surface area contributed by atoms with Crippen molar-refractivity contribution in [2.24, 2.45) is 0 Å². The number of carboxylic acids is 1. The Balaban J connectivity index is 2.01. The summed E-state index contributed by atoms with van der Waals surface area (Å²) in [5.41, 5.74) is 2.21. The van der Waals surface area contributed by atoms with E-state index >= 15 is 0 Å². The number of thioether (sulfide) groups is 1. The van der Waals surface area contributed by atoms with Gasteiger partial charge in [-0.15, -0.1) is 11.8 Å². The van der Waals surface area contributed by atoms with Crippen LogP contribution >= 0.6 is 23.4 Å². The van der Waals surface area contributed by atoms with Crippen molar-refractivity contribution in [2.75, 3.05) is 5.75 Å². The number of hydrogen-bond donors (Lipinski definition) is 0. The average Bonchev–Trinajstić information content (AvgIpc) is 3.00. The van der Waals surface area contributed by atoms with E-state index in [4.69, 9.17) is 11.6 Å². The SMILES string of the molecule is Cc1ccc(C(=O)N2[C@@H](C(=O)[O-])CS[C@H]2c2ccccc2Cl)cc1. The summed E-state index contributed by atoms with van der Waals surface area (Å²) in [6.45, 7) is 1.93. The minimum absolute atomic E-state index is 0.274. The molecule has 0 saturated carbocycles. The van der Waals surface area contributed by atoms with Gasteiger partial charge in [-0.3, -0.25) is 4.79 Å². The quantitative estimate of drug-likeness (QED) is 0.844. The second kappa shape index (κ2) is 6.87. The summed E-state index contributed by atoms with van der Waals surface area (Å²) >= 11 is 7.63. The number of amides is 1. The molecule has 1 aliphatic heterocycles. The van der Waals surface area contributed by atoms with Gasteiger partial charge in [0, 0.05) is 21.9 Å². The highest BCUT2D eigenvalue weighted by Gasteiger charge is 2.40. The molecule has 0 unspecified atom stereocenters. The van der Waals surface area contributed by atoms with Crippen molar-refractivity contribution in [3.63, 3.8) is 0 Å². The van der Waals surface area contributed by atoms with E-state index in [1.54, 1.807) is 24.3 Å². The summed E-state index contributed by atoms with van der Waals surface area (Å²) in [6.07, 6.45) is 0. The summed E-state index contributed by atoms with van der Waals surface area (Å²) in [5, 5.41) is 11.6. The minimum Gasteiger partial charge on any atom is -0.548 e. The van der Waals surface area contributed by atoms with Crippen LogP contribution in [0, 0.1) is 6.92 Å². The third kappa shape index (κ3) is 3.14. The Hall–Kier alpha value is -1.98. The third-order valence-corrected chi connectivity index (χ3v) is 5.63. The largest absolute Gasteiger partial charge is 0.548 e. The Morgan fingerprint density at radius 1 is 1.17 bits per heavy atom. The van der Waals surface area contributed by atoms with Gasteiger partial charge in [-0.2, -0.15) is 0 Å². The van der Waals surface area contributed by atoms with E-state index in [2.05, 4.69) is 0 Å². The van der Waals surface area contributed by atoms with Gasteiger partial charge < -0.3 is 14.8 Å². The van der Waals surface area contributed by atoms with Gasteiger partial charge in [-0.05, 0) is 25.1 Å². The lowest BCUT2D eigenvalue weighted by Crippen LogP contribution is -2.49. The maximum atomic E-state index is 12.9. The lowest BCUT2D eigenvalue weighted by Gasteiger charge is -2.30. The molecule has 4 nitrogen and oxygen atoms in total. The molecule has 0 bridgehead atoms. The number of nitrogens with zero attached hydrogens (tertiary/aromatic N) is 1. The number of aliphatic carboxylic acids is 1. The van der Waals surface area contributed by atoms with E-state index in [1.807, 2.05) is 31.2 Å². The van der Waals surface area contributed by atoms with Gasteiger partial charge in [0.25, 0.3) is 5.91 Å². The number of carbonyl (C=O) groups is 2. The molecule has 1 aliphatic rings. The first kappa shape index (κ1) is 16.9. The van der Waals surface area contributed by atoms with Crippen LogP contribution in [0.25, 0.3) is 0 Å². The zero-order valence-electron chi connectivity index (χ0n) is 12.9. The Kier molecular flexibility index (Phi) is 4.83. The highest BCUT2D eigenvalue weighted by atomic mass is 35.5. The fourth-order valence-corrected chi connectivity index (χ4v) is 4.45. The molecule has 3 rings (SSSR count). The second-order valence-corrected chi connectivity index (χ2v) is 7.14. The van der Waals surface area contributed by atoms with Gasteiger partial charge in [0.1, 0.15) is 5.37 Å². The van der Waals surface area contributed by atoms with Gasteiger partial charge in [0.05, 0.1) is 12.0 Å². The van der Waals surface area contributed by atoms with Crippen LogP contribution in [0.3, 0.4) is 0 Å². The Bertz CT molecular complexity index is 778. The normalized spacial score (nSPS) is 20.2. The van der Waals surface area contributed by atoms with Crippen LogP contribution in [-0.2, 0) is 4.79 Å². The van der Waals surface area contributed by atoms with Gasteiger partial charge in [0.2, 0.25) is 0 Å². The molecule has 1 heterocycles. The number of rotatable bonds is 3. The summed E-state index contributed by atoms with van der Waals surface area (Å²) in [7, 11) is 0. The van der Waals surface area contributed by atoms with Crippen molar-refractivity contribution >= 4 is 35.2 Å². The van der Waals surface area contributed by atoms with E-state index in [0.717, 1.165) is 11.1 Å². The summed E-state index contributed by atoms with van der Waals surface area (Å²) in [4.78, 5) is 25.8. The fourth-order valence-electron chi connectivity index (χ4n) is 2.70. The zero-order chi connectivity index (χ0) is 17.3. The Morgan fingerprint density at radius 3 is 2.46 bits per heavy atom. The predicted octanol–water partition coefficient (Wildman–Crippen LogP) is 2.65. The first-order valence-corrected chi connectivity index (χ1v) is 8.88. The lowest BCUT2D eigenvalue weighted by atomic mass is 10.1. The number of halogens is 1. The number of carboxylic acid groups (broad SMARTS) is 1. The van der Waals surface area contributed by atoms with Crippen molar-refractivity contribution in [1.29, 1.82) is 0 Å². The van der Waals surface area contributed by atoms with E-state index in [1.165, 1.54) is 16.7 Å². The molecule has 1 saturated heterocycles. The molecular weight excluding hydrogens is 346 g/mol. The first-order valence-electron chi connectivity index (χ1n) is 7.45. The van der Waals surface area contributed by atoms with E-state index in [0.29, 0.717) is 10.6 Å². The minimum atomic E-state index is -1.25. The summed E-state index contributed by atoms with van der Waals surface area (Å²) < 4.78 is 0. The molecular formula is C18H15ClNO3S-. The molecule has 2 aromatic rings. The van der Waals surface area contributed by atoms with Crippen LogP contribution in [0.1, 0.15) is 26.9 Å². The van der Waals surface area contributed by atoms with Crippen molar-refractivity contribution in [3.8, 4) is 0 Å². The smallest absolute Gasteiger partial charge is 0.255 e. The summed E-state index contributed by atoms with van der Waals surface area (Å²) in [5.74, 6) is -1.31. The van der Waals surface area contributed by atoms with Crippen LogP contribution in [0.2, 0.25) is 5.02 Å². The van der Waals surface area contributed by atoms with E-state index in [9.17, 15) is 14.7 Å². The number of hydrogen-bond acceptors (Lipinski definition) is 4. The van der Waals surface area contributed by atoms with E-state index < -0.39 is 17.4 Å². The molecule has 0 N–H and O–H groups in total. The molecule has 0 radical (unpaired) electrons. The molecule has 0 spiro atoms. The predicted molar refractivity (Wildman–Crippen MR) is 92.8 cm³/mol. The standard InChI is InChI=1S/C18H16ClNO3S/c1-11-6-8-12(9-7-11)16(21)20-15(18(22)23)10-24-17(20)13-4-2-3-5-14(13)19/h2-9,15,17H,10H2,1H3,(H,22,23)/p-1/t15-,17+/m1/s1. The molecule has 1 amide bonds. The van der Waals surface area contributed by atoms with Crippen molar-refractivity contribution < 1.29 is 14.7 Å². The Morgan fingerprint density at radius 2 is 1.83 bits per heavy atom. The monoisotopic (exact) mass is 360 g/mol. The molecule has 0 aromatic heterocycles. The van der Waals surface area contributed by atoms with Crippen LogP contribution in [-0.4, -0.2) is 28.6 Å². The molecule has 124 valence electrons. The van der Waals surface area contributed by atoms with Crippen molar-refractivity contribution in [3.05, 3.63) is 70.2 Å². The lowest BCUT2D eigenvalue weighted by molar-refractivity contribution is -0.310. The second-order valence-electron chi connectivity index (χ2n) is 5.62.